The molecule has 20 heavy (non-hydrogen) atoms. The van der Waals surface area contributed by atoms with Gasteiger partial charge in [0.15, 0.2) is 10.9 Å². The molecule has 2 aromatic rings. The van der Waals surface area contributed by atoms with Crippen LogP contribution in [-0.4, -0.2) is 18.1 Å². The van der Waals surface area contributed by atoms with Gasteiger partial charge in [0.25, 0.3) is 0 Å². The zero-order chi connectivity index (χ0) is 14.7. The maximum absolute atomic E-state index is 13.6. The quantitative estimate of drug-likeness (QED) is 0.876. The average Bonchev–Trinajstić information content (AvgIpc) is 2.81. The first-order valence-corrected chi connectivity index (χ1v) is 6.68. The van der Waals surface area contributed by atoms with Crippen LogP contribution < -0.4 is 5.32 Å². The van der Waals surface area contributed by atoms with Gasteiger partial charge in [-0.3, -0.25) is 4.79 Å². The summed E-state index contributed by atoms with van der Waals surface area (Å²) < 4.78 is 31.0. The predicted molar refractivity (Wildman–Crippen MR) is 72.5 cm³/mol. The summed E-state index contributed by atoms with van der Waals surface area (Å²) in [5, 5.41) is 4.55. The van der Waals surface area contributed by atoms with Crippen molar-refractivity contribution in [3.8, 4) is 0 Å². The summed E-state index contributed by atoms with van der Waals surface area (Å²) in [6, 6.07) is 1.72. The fourth-order valence-corrected chi connectivity index (χ4v) is 2.39. The van der Waals surface area contributed by atoms with E-state index in [2.05, 4.69) is 15.0 Å². The van der Waals surface area contributed by atoms with E-state index < -0.39 is 17.6 Å². The number of carbonyl (C=O) groups is 1. The maximum Gasteiger partial charge on any atom is 0.311 e. The van der Waals surface area contributed by atoms with E-state index in [0.29, 0.717) is 10.8 Å². The van der Waals surface area contributed by atoms with Gasteiger partial charge in [0.1, 0.15) is 5.82 Å². The Morgan fingerprint density at radius 1 is 1.50 bits per heavy atom. The average molecular weight is 319 g/mol. The molecule has 0 saturated carbocycles. The minimum Gasteiger partial charge on any atom is -0.469 e. The van der Waals surface area contributed by atoms with E-state index >= 15 is 0 Å². The van der Waals surface area contributed by atoms with Crippen LogP contribution in [0.4, 0.5) is 19.6 Å². The number of esters is 1. The summed E-state index contributed by atoms with van der Waals surface area (Å²) in [5.74, 6) is -2.00. The Hall–Kier alpha value is -1.73. The predicted octanol–water partition coefficient (Wildman–Crippen LogP) is 3.53. The molecule has 0 radical (unpaired) electrons. The highest BCUT2D eigenvalue weighted by Gasteiger charge is 2.13. The molecular formula is C12H9ClF2N2O2S. The van der Waals surface area contributed by atoms with Gasteiger partial charge in [0.2, 0.25) is 0 Å². The van der Waals surface area contributed by atoms with E-state index in [1.165, 1.54) is 18.4 Å². The van der Waals surface area contributed by atoms with Gasteiger partial charge in [-0.25, -0.2) is 13.8 Å². The van der Waals surface area contributed by atoms with Crippen molar-refractivity contribution in [3.05, 3.63) is 39.9 Å². The lowest BCUT2D eigenvalue weighted by Crippen LogP contribution is -2.04. The first kappa shape index (κ1) is 14.7. The Bertz CT molecular complexity index is 625. The summed E-state index contributed by atoms with van der Waals surface area (Å²) in [5.41, 5.74) is 0.426. The number of halogens is 3. The third kappa shape index (κ3) is 3.43. The molecule has 0 saturated heterocycles. The summed E-state index contributed by atoms with van der Waals surface area (Å²) in [4.78, 5) is 15.2. The monoisotopic (exact) mass is 318 g/mol. The lowest BCUT2D eigenvalue weighted by atomic mass is 10.3. The topological polar surface area (TPSA) is 51.2 Å². The number of nitrogens with one attached hydrogen (secondary N) is 1. The highest BCUT2D eigenvalue weighted by Crippen LogP contribution is 2.30. The second-order valence-electron chi connectivity index (χ2n) is 3.77. The zero-order valence-electron chi connectivity index (χ0n) is 10.2. The van der Waals surface area contributed by atoms with Crippen LogP contribution in [-0.2, 0) is 16.0 Å². The summed E-state index contributed by atoms with van der Waals surface area (Å²) in [7, 11) is 1.28. The fraction of sp³-hybridized carbons (Fsp3) is 0.167. The number of ether oxygens (including phenoxy) is 1. The molecular weight excluding hydrogens is 310 g/mol. The van der Waals surface area contributed by atoms with E-state index in [4.69, 9.17) is 11.6 Å². The standard InChI is InChI=1S/C12H9ClF2N2O2S/c1-19-10(18)4-7-5-20-12(16-7)17-11-8(13)2-6(14)3-9(11)15/h2-3,5H,4H2,1H3,(H,16,17). The molecule has 0 aliphatic carbocycles. The number of nitrogens with zero attached hydrogens (tertiary/aromatic N) is 1. The largest absolute Gasteiger partial charge is 0.469 e. The van der Waals surface area contributed by atoms with Gasteiger partial charge in [0, 0.05) is 11.4 Å². The number of anilines is 2. The molecule has 0 amide bonds. The van der Waals surface area contributed by atoms with Crippen LogP contribution in [0.5, 0.6) is 0 Å². The number of thiazole rings is 1. The molecule has 0 aliphatic heterocycles. The molecule has 1 aromatic heterocycles. The molecule has 8 heteroatoms. The Morgan fingerprint density at radius 2 is 2.25 bits per heavy atom. The molecule has 4 nitrogen and oxygen atoms in total. The number of hydrogen-bond donors (Lipinski definition) is 1. The van der Waals surface area contributed by atoms with Gasteiger partial charge in [-0.15, -0.1) is 11.3 Å². The molecule has 0 spiro atoms. The number of aromatic nitrogens is 1. The van der Waals surface area contributed by atoms with Gasteiger partial charge >= 0.3 is 5.97 Å². The second kappa shape index (κ2) is 6.15. The van der Waals surface area contributed by atoms with Crippen molar-refractivity contribution < 1.29 is 18.3 Å². The van der Waals surface area contributed by atoms with E-state index in [1.54, 1.807) is 5.38 Å². The van der Waals surface area contributed by atoms with Gasteiger partial charge in [0.05, 0.1) is 29.9 Å². The van der Waals surface area contributed by atoms with Crippen LogP contribution in [0.1, 0.15) is 5.69 Å². The molecule has 0 fully saturated rings. The Kier molecular flexibility index (Phi) is 4.51. The zero-order valence-corrected chi connectivity index (χ0v) is 11.8. The smallest absolute Gasteiger partial charge is 0.311 e. The maximum atomic E-state index is 13.6. The van der Waals surface area contributed by atoms with Crippen molar-refractivity contribution in [1.82, 2.24) is 4.98 Å². The van der Waals surface area contributed by atoms with E-state index in [9.17, 15) is 13.6 Å². The number of hydrogen-bond acceptors (Lipinski definition) is 5. The third-order valence-electron chi connectivity index (χ3n) is 2.34. The first-order valence-electron chi connectivity index (χ1n) is 5.42. The Labute approximate surface area is 122 Å². The van der Waals surface area contributed by atoms with Gasteiger partial charge in [-0.1, -0.05) is 11.6 Å². The third-order valence-corrected chi connectivity index (χ3v) is 3.45. The van der Waals surface area contributed by atoms with Crippen LogP contribution in [0, 0.1) is 11.6 Å². The van der Waals surface area contributed by atoms with Crippen LogP contribution in [0.3, 0.4) is 0 Å². The van der Waals surface area contributed by atoms with Crippen LogP contribution in [0.15, 0.2) is 17.5 Å². The molecule has 1 N–H and O–H groups in total. The van der Waals surface area contributed by atoms with E-state index in [-0.39, 0.29) is 17.1 Å². The SMILES string of the molecule is COC(=O)Cc1csc(Nc2c(F)cc(F)cc2Cl)n1. The lowest BCUT2D eigenvalue weighted by Gasteiger charge is -2.06. The normalized spacial score (nSPS) is 10.4. The highest BCUT2D eigenvalue weighted by atomic mass is 35.5. The van der Waals surface area contributed by atoms with E-state index in [1.807, 2.05) is 0 Å². The lowest BCUT2D eigenvalue weighted by molar-refractivity contribution is -0.139. The highest BCUT2D eigenvalue weighted by molar-refractivity contribution is 7.13. The Balaban J connectivity index is 2.17. The van der Waals surface area contributed by atoms with Crippen molar-refractivity contribution in [2.24, 2.45) is 0 Å². The molecule has 1 aromatic carbocycles. The van der Waals surface area contributed by atoms with Gasteiger partial charge in [-0.2, -0.15) is 0 Å². The van der Waals surface area contributed by atoms with Crippen LogP contribution in [0.2, 0.25) is 5.02 Å². The summed E-state index contributed by atoms with van der Waals surface area (Å²) in [6.45, 7) is 0. The van der Waals surface area contributed by atoms with Crippen molar-refractivity contribution in [3.63, 3.8) is 0 Å². The molecule has 106 valence electrons. The molecule has 1 heterocycles. The van der Waals surface area contributed by atoms with Crippen molar-refractivity contribution in [2.75, 3.05) is 12.4 Å². The van der Waals surface area contributed by atoms with Crippen molar-refractivity contribution in [1.29, 1.82) is 0 Å². The van der Waals surface area contributed by atoms with Crippen LogP contribution >= 0.6 is 22.9 Å². The van der Waals surface area contributed by atoms with Crippen LogP contribution in [0.25, 0.3) is 0 Å². The minimum atomic E-state index is -0.820. The summed E-state index contributed by atoms with van der Waals surface area (Å²) in [6.07, 6.45) is 0.0221. The van der Waals surface area contributed by atoms with Crippen molar-refractivity contribution >= 4 is 39.7 Å². The second-order valence-corrected chi connectivity index (χ2v) is 5.03. The molecule has 0 atom stereocenters. The fourth-order valence-electron chi connectivity index (χ4n) is 1.43. The minimum absolute atomic E-state index is 0.0221. The number of carbonyl (C=O) groups excluding carboxylic acids is 1. The molecule has 0 bridgehead atoms. The van der Waals surface area contributed by atoms with Gasteiger partial charge < -0.3 is 10.1 Å². The van der Waals surface area contributed by atoms with Crippen molar-refractivity contribution in [2.45, 2.75) is 6.42 Å². The first-order chi connectivity index (χ1) is 9.49. The molecule has 2 rings (SSSR count). The molecule has 0 aliphatic rings. The molecule has 0 unspecified atom stereocenters. The Morgan fingerprint density at radius 3 is 2.90 bits per heavy atom. The number of rotatable bonds is 4. The number of methoxy groups -OCH3 is 1. The summed E-state index contributed by atoms with van der Waals surface area (Å²) >= 11 is 6.93. The van der Waals surface area contributed by atoms with E-state index in [0.717, 1.165) is 12.1 Å². The van der Waals surface area contributed by atoms with Gasteiger partial charge in [-0.05, 0) is 6.07 Å². The number of benzene rings is 1.